The minimum Gasteiger partial charge on any atom is -0.396 e. The molecule has 2 rings (SSSR count). The van der Waals surface area contributed by atoms with Crippen LogP contribution in [-0.2, 0) is 0 Å². The molecule has 0 aromatic heterocycles. The monoisotopic (exact) mass is 225 g/mol. The lowest BCUT2D eigenvalue weighted by atomic mass is 9.98. The van der Waals surface area contributed by atoms with Crippen LogP contribution in [0.15, 0.2) is 24.3 Å². The molecule has 1 aliphatic rings. The predicted octanol–water partition coefficient (Wildman–Crippen LogP) is 2.55. The van der Waals surface area contributed by atoms with Crippen molar-refractivity contribution in [2.45, 2.75) is 12.8 Å². The molecule has 0 amide bonds. The van der Waals surface area contributed by atoms with E-state index in [1.165, 1.54) is 5.69 Å². The van der Waals surface area contributed by atoms with E-state index in [0.29, 0.717) is 12.5 Å². The topological polar surface area (TPSA) is 23.5 Å². The van der Waals surface area contributed by atoms with Crippen LogP contribution in [0.3, 0.4) is 0 Å². The Hall–Kier alpha value is -0.730. The van der Waals surface area contributed by atoms with Gasteiger partial charge in [0.25, 0.3) is 0 Å². The molecule has 0 aliphatic carbocycles. The summed E-state index contributed by atoms with van der Waals surface area (Å²) in [6.45, 7) is 2.33. The maximum absolute atomic E-state index is 9.15. The van der Waals surface area contributed by atoms with Gasteiger partial charge in [0, 0.05) is 30.4 Å². The van der Waals surface area contributed by atoms with Gasteiger partial charge in [0.15, 0.2) is 0 Å². The molecular weight excluding hydrogens is 210 g/mol. The number of piperidine rings is 1. The minimum atomic E-state index is 0.296. The standard InChI is InChI=1S/C12H16ClNO/c13-11-3-5-12(6-4-11)14-7-1-2-10(8-14)9-15/h3-6,10,15H,1-2,7-9H2. The van der Waals surface area contributed by atoms with Crippen LogP contribution in [-0.4, -0.2) is 24.8 Å². The Morgan fingerprint density at radius 3 is 2.73 bits per heavy atom. The van der Waals surface area contributed by atoms with Crippen LogP contribution in [0.2, 0.25) is 5.02 Å². The van der Waals surface area contributed by atoms with Gasteiger partial charge in [-0.25, -0.2) is 0 Å². The molecule has 1 atom stereocenters. The van der Waals surface area contributed by atoms with E-state index in [0.717, 1.165) is 31.0 Å². The van der Waals surface area contributed by atoms with Gasteiger partial charge in [0.1, 0.15) is 0 Å². The molecule has 1 unspecified atom stereocenters. The van der Waals surface area contributed by atoms with Gasteiger partial charge in [-0.2, -0.15) is 0 Å². The van der Waals surface area contributed by atoms with Gasteiger partial charge in [-0.05, 0) is 43.0 Å². The Morgan fingerprint density at radius 2 is 2.07 bits per heavy atom. The number of halogens is 1. The van der Waals surface area contributed by atoms with Crippen molar-refractivity contribution in [3.8, 4) is 0 Å². The molecule has 1 heterocycles. The van der Waals surface area contributed by atoms with E-state index < -0.39 is 0 Å². The maximum Gasteiger partial charge on any atom is 0.0476 e. The molecule has 1 fully saturated rings. The highest BCUT2D eigenvalue weighted by Gasteiger charge is 2.19. The van der Waals surface area contributed by atoms with Gasteiger partial charge < -0.3 is 10.0 Å². The van der Waals surface area contributed by atoms with Crippen molar-refractivity contribution in [1.29, 1.82) is 0 Å². The number of rotatable bonds is 2. The van der Waals surface area contributed by atoms with E-state index in [9.17, 15) is 0 Å². The average Bonchev–Trinajstić information content (AvgIpc) is 2.30. The number of nitrogens with zero attached hydrogens (tertiary/aromatic N) is 1. The first-order valence-electron chi connectivity index (χ1n) is 5.41. The zero-order valence-electron chi connectivity index (χ0n) is 8.69. The lowest BCUT2D eigenvalue weighted by Gasteiger charge is -2.33. The van der Waals surface area contributed by atoms with Crippen molar-refractivity contribution in [2.24, 2.45) is 5.92 Å². The summed E-state index contributed by atoms with van der Waals surface area (Å²) in [5, 5.41) is 9.92. The van der Waals surface area contributed by atoms with E-state index >= 15 is 0 Å². The molecule has 15 heavy (non-hydrogen) atoms. The van der Waals surface area contributed by atoms with Crippen molar-refractivity contribution in [3.05, 3.63) is 29.3 Å². The molecule has 82 valence electrons. The average molecular weight is 226 g/mol. The summed E-state index contributed by atoms with van der Waals surface area (Å²) in [6.07, 6.45) is 2.30. The summed E-state index contributed by atoms with van der Waals surface area (Å²) in [5.41, 5.74) is 1.21. The van der Waals surface area contributed by atoms with E-state index in [1.54, 1.807) is 0 Å². The number of hydrogen-bond donors (Lipinski definition) is 1. The van der Waals surface area contributed by atoms with E-state index in [2.05, 4.69) is 4.90 Å². The van der Waals surface area contributed by atoms with Crippen molar-refractivity contribution in [2.75, 3.05) is 24.6 Å². The van der Waals surface area contributed by atoms with Crippen molar-refractivity contribution >= 4 is 17.3 Å². The Kier molecular flexibility index (Phi) is 3.49. The van der Waals surface area contributed by atoms with Gasteiger partial charge in [0.2, 0.25) is 0 Å². The molecule has 0 spiro atoms. The third kappa shape index (κ3) is 2.64. The van der Waals surface area contributed by atoms with E-state index in [4.69, 9.17) is 16.7 Å². The second kappa shape index (κ2) is 4.86. The number of hydrogen-bond acceptors (Lipinski definition) is 2. The molecule has 2 nitrogen and oxygen atoms in total. The summed E-state index contributed by atoms with van der Waals surface area (Å²) in [5.74, 6) is 0.425. The van der Waals surface area contributed by atoms with Crippen LogP contribution in [0.25, 0.3) is 0 Å². The predicted molar refractivity (Wildman–Crippen MR) is 63.5 cm³/mol. The van der Waals surface area contributed by atoms with Crippen LogP contribution in [0.4, 0.5) is 5.69 Å². The van der Waals surface area contributed by atoms with Gasteiger partial charge in [-0.15, -0.1) is 0 Å². The smallest absolute Gasteiger partial charge is 0.0476 e. The van der Waals surface area contributed by atoms with Gasteiger partial charge in [0.05, 0.1) is 0 Å². The van der Waals surface area contributed by atoms with Crippen LogP contribution in [0.5, 0.6) is 0 Å². The summed E-state index contributed by atoms with van der Waals surface area (Å²) in [4.78, 5) is 2.32. The van der Waals surface area contributed by atoms with Gasteiger partial charge in [-0.1, -0.05) is 11.6 Å². The zero-order chi connectivity index (χ0) is 10.7. The van der Waals surface area contributed by atoms with Crippen molar-refractivity contribution < 1.29 is 5.11 Å². The van der Waals surface area contributed by atoms with E-state index in [1.807, 2.05) is 24.3 Å². The van der Waals surface area contributed by atoms with Gasteiger partial charge >= 0.3 is 0 Å². The molecule has 0 bridgehead atoms. The second-order valence-electron chi connectivity index (χ2n) is 4.11. The Bertz CT molecular complexity index is 312. The summed E-state index contributed by atoms with van der Waals surface area (Å²) >= 11 is 5.85. The molecule has 1 aromatic rings. The fraction of sp³-hybridized carbons (Fsp3) is 0.500. The molecule has 1 saturated heterocycles. The van der Waals surface area contributed by atoms with Crippen molar-refractivity contribution in [3.63, 3.8) is 0 Å². The zero-order valence-corrected chi connectivity index (χ0v) is 9.45. The first-order chi connectivity index (χ1) is 7.29. The van der Waals surface area contributed by atoms with E-state index in [-0.39, 0.29) is 0 Å². The Balaban J connectivity index is 2.06. The van der Waals surface area contributed by atoms with Crippen LogP contribution in [0, 0.1) is 5.92 Å². The number of benzene rings is 1. The van der Waals surface area contributed by atoms with Crippen LogP contribution < -0.4 is 4.90 Å². The summed E-state index contributed by atoms with van der Waals surface area (Å²) < 4.78 is 0. The molecule has 0 saturated carbocycles. The third-order valence-electron chi connectivity index (χ3n) is 2.97. The quantitative estimate of drug-likeness (QED) is 0.836. The highest BCUT2D eigenvalue weighted by atomic mass is 35.5. The van der Waals surface area contributed by atoms with Crippen molar-refractivity contribution in [1.82, 2.24) is 0 Å². The summed E-state index contributed by atoms with van der Waals surface area (Å²) in [7, 11) is 0. The fourth-order valence-electron chi connectivity index (χ4n) is 2.10. The lowest BCUT2D eigenvalue weighted by molar-refractivity contribution is 0.209. The number of aliphatic hydroxyl groups excluding tert-OH is 1. The normalized spacial score (nSPS) is 21.7. The SMILES string of the molecule is OCC1CCCN(c2ccc(Cl)cc2)C1. The first kappa shape index (κ1) is 10.8. The number of anilines is 1. The second-order valence-corrected chi connectivity index (χ2v) is 4.55. The maximum atomic E-state index is 9.15. The van der Waals surface area contributed by atoms with Gasteiger partial charge in [-0.3, -0.25) is 0 Å². The Morgan fingerprint density at radius 1 is 1.33 bits per heavy atom. The molecule has 1 N–H and O–H groups in total. The molecule has 1 aromatic carbocycles. The Labute approximate surface area is 95.5 Å². The highest BCUT2D eigenvalue weighted by molar-refractivity contribution is 6.30. The molecule has 0 radical (unpaired) electrons. The number of aliphatic hydroxyl groups is 1. The molecule has 3 heteroatoms. The third-order valence-corrected chi connectivity index (χ3v) is 3.22. The lowest BCUT2D eigenvalue weighted by Crippen LogP contribution is -2.36. The molecular formula is C12H16ClNO. The van der Waals surface area contributed by atoms with Crippen LogP contribution in [0.1, 0.15) is 12.8 Å². The largest absolute Gasteiger partial charge is 0.396 e. The summed E-state index contributed by atoms with van der Waals surface area (Å²) in [6, 6.07) is 7.92. The molecule has 1 aliphatic heterocycles. The highest BCUT2D eigenvalue weighted by Crippen LogP contribution is 2.24. The van der Waals surface area contributed by atoms with Crippen LogP contribution >= 0.6 is 11.6 Å². The first-order valence-corrected chi connectivity index (χ1v) is 5.79. The minimum absolute atomic E-state index is 0.296. The fourth-order valence-corrected chi connectivity index (χ4v) is 2.23.